The minimum Gasteiger partial charge on any atom is -0.395 e. The molecule has 1 unspecified atom stereocenters. The summed E-state index contributed by atoms with van der Waals surface area (Å²) in [5.74, 6) is 0. The molecule has 0 aliphatic carbocycles. The molecule has 0 aliphatic heterocycles. The molecule has 0 saturated heterocycles. The van der Waals surface area contributed by atoms with Crippen LogP contribution in [0.2, 0.25) is 0 Å². The quantitative estimate of drug-likeness (QED) is 0.555. The fraction of sp³-hybridized carbons (Fsp3) is 1.00. The molecule has 0 saturated carbocycles. The van der Waals surface area contributed by atoms with Crippen molar-refractivity contribution in [1.82, 2.24) is 5.32 Å². The van der Waals surface area contributed by atoms with E-state index in [1.807, 2.05) is 13.8 Å². The highest BCUT2D eigenvalue weighted by Gasteiger charge is 2.02. The van der Waals surface area contributed by atoms with Crippen LogP contribution in [0.15, 0.2) is 0 Å². The molecule has 0 aromatic rings. The molecule has 3 heteroatoms. The summed E-state index contributed by atoms with van der Waals surface area (Å²) in [6.07, 6.45) is 0. The standard InChI is InChI=1S/C7H17NO2/c1-3-8-7(5-9)6-10-4-2/h7-9H,3-6H2,1-2H3. The van der Waals surface area contributed by atoms with Gasteiger partial charge in [-0.2, -0.15) is 0 Å². The van der Waals surface area contributed by atoms with Gasteiger partial charge in [0.1, 0.15) is 0 Å². The molecule has 1 atom stereocenters. The second-order valence-corrected chi connectivity index (χ2v) is 2.10. The van der Waals surface area contributed by atoms with Gasteiger partial charge in [-0.25, -0.2) is 0 Å². The first-order valence-corrected chi connectivity index (χ1v) is 3.77. The third-order valence-electron chi connectivity index (χ3n) is 1.24. The van der Waals surface area contributed by atoms with Crippen LogP contribution >= 0.6 is 0 Å². The van der Waals surface area contributed by atoms with Gasteiger partial charge in [-0.1, -0.05) is 6.92 Å². The second-order valence-electron chi connectivity index (χ2n) is 2.10. The van der Waals surface area contributed by atoms with E-state index in [0.717, 1.165) is 6.54 Å². The minimum atomic E-state index is 0.102. The van der Waals surface area contributed by atoms with Crippen molar-refractivity contribution in [2.75, 3.05) is 26.4 Å². The average molecular weight is 147 g/mol. The number of aliphatic hydroxyl groups is 1. The molecule has 0 aromatic carbocycles. The van der Waals surface area contributed by atoms with E-state index >= 15 is 0 Å². The number of hydrogen-bond acceptors (Lipinski definition) is 3. The molecule has 0 bridgehead atoms. The van der Waals surface area contributed by atoms with Crippen molar-refractivity contribution >= 4 is 0 Å². The molecular formula is C7H17NO2. The predicted molar refractivity (Wildman–Crippen MR) is 41.0 cm³/mol. The van der Waals surface area contributed by atoms with Crippen molar-refractivity contribution in [3.63, 3.8) is 0 Å². The Balaban J connectivity index is 3.21. The summed E-state index contributed by atoms with van der Waals surface area (Å²) in [6, 6.07) is 0.102. The van der Waals surface area contributed by atoms with E-state index in [-0.39, 0.29) is 12.6 Å². The van der Waals surface area contributed by atoms with Crippen molar-refractivity contribution in [3.05, 3.63) is 0 Å². The third-order valence-corrected chi connectivity index (χ3v) is 1.24. The lowest BCUT2D eigenvalue weighted by Crippen LogP contribution is -2.36. The Morgan fingerprint density at radius 3 is 2.60 bits per heavy atom. The van der Waals surface area contributed by atoms with Gasteiger partial charge in [0.15, 0.2) is 0 Å². The van der Waals surface area contributed by atoms with Gasteiger partial charge in [0, 0.05) is 6.61 Å². The van der Waals surface area contributed by atoms with Gasteiger partial charge in [0.05, 0.1) is 19.3 Å². The SMILES string of the molecule is CCNC(CO)COCC. The molecule has 0 aliphatic rings. The lowest BCUT2D eigenvalue weighted by molar-refractivity contribution is 0.0982. The molecule has 0 radical (unpaired) electrons. The number of hydrogen-bond donors (Lipinski definition) is 2. The topological polar surface area (TPSA) is 41.5 Å². The zero-order valence-corrected chi connectivity index (χ0v) is 6.76. The molecule has 0 amide bonds. The molecule has 0 rings (SSSR count). The van der Waals surface area contributed by atoms with E-state index in [2.05, 4.69) is 5.32 Å². The molecule has 3 nitrogen and oxygen atoms in total. The summed E-state index contributed by atoms with van der Waals surface area (Å²) < 4.78 is 5.12. The van der Waals surface area contributed by atoms with Crippen LogP contribution in [-0.2, 0) is 4.74 Å². The van der Waals surface area contributed by atoms with Gasteiger partial charge < -0.3 is 15.2 Å². The maximum absolute atomic E-state index is 8.74. The van der Waals surface area contributed by atoms with Gasteiger partial charge in [0.25, 0.3) is 0 Å². The van der Waals surface area contributed by atoms with Crippen LogP contribution in [0.25, 0.3) is 0 Å². The van der Waals surface area contributed by atoms with E-state index in [9.17, 15) is 0 Å². The van der Waals surface area contributed by atoms with Gasteiger partial charge >= 0.3 is 0 Å². The lowest BCUT2D eigenvalue weighted by Gasteiger charge is -2.13. The van der Waals surface area contributed by atoms with Crippen LogP contribution in [-0.4, -0.2) is 37.5 Å². The van der Waals surface area contributed by atoms with E-state index in [4.69, 9.17) is 9.84 Å². The van der Waals surface area contributed by atoms with Crippen molar-refractivity contribution in [2.24, 2.45) is 0 Å². The lowest BCUT2D eigenvalue weighted by atomic mass is 10.3. The number of likely N-dealkylation sites (N-methyl/N-ethyl adjacent to an activating group) is 1. The minimum absolute atomic E-state index is 0.102. The van der Waals surface area contributed by atoms with Gasteiger partial charge in [0.2, 0.25) is 0 Å². The summed E-state index contributed by atoms with van der Waals surface area (Å²) >= 11 is 0. The van der Waals surface area contributed by atoms with E-state index < -0.39 is 0 Å². The number of aliphatic hydroxyl groups excluding tert-OH is 1. The molecular weight excluding hydrogens is 130 g/mol. The van der Waals surface area contributed by atoms with E-state index in [0.29, 0.717) is 13.2 Å². The van der Waals surface area contributed by atoms with Crippen molar-refractivity contribution < 1.29 is 9.84 Å². The van der Waals surface area contributed by atoms with Crippen molar-refractivity contribution in [2.45, 2.75) is 19.9 Å². The highest BCUT2D eigenvalue weighted by Crippen LogP contribution is 1.83. The molecule has 0 heterocycles. The summed E-state index contributed by atoms with van der Waals surface area (Å²) in [5.41, 5.74) is 0. The summed E-state index contributed by atoms with van der Waals surface area (Å²) in [4.78, 5) is 0. The Kier molecular flexibility index (Phi) is 6.91. The van der Waals surface area contributed by atoms with Gasteiger partial charge in [-0.15, -0.1) is 0 Å². The molecule has 0 spiro atoms. The van der Waals surface area contributed by atoms with Crippen LogP contribution < -0.4 is 5.32 Å². The second kappa shape index (κ2) is 6.99. The molecule has 2 N–H and O–H groups in total. The van der Waals surface area contributed by atoms with E-state index in [1.54, 1.807) is 0 Å². The Labute approximate surface area is 62.4 Å². The normalized spacial score (nSPS) is 13.5. The predicted octanol–water partition coefficient (Wildman–Crippen LogP) is -0.00670. The maximum atomic E-state index is 8.74. The average Bonchev–Trinajstić information content (AvgIpc) is 1.98. The highest BCUT2D eigenvalue weighted by atomic mass is 16.5. The summed E-state index contributed by atoms with van der Waals surface area (Å²) in [6.45, 7) is 6.28. The summed E-state index contributed by atoms with van der Waals surface area (Å²) in [7, 11) is 0. The molecule has 0 aromatic heterocycles. The largest absolute Gasteiger partial charge is 0.395 e. The zero-order chi connectivity index (χ0) is 7.82. The molecule has 62 valence electrons. The first-order valence-electron chi connectivity index (χ1n) is 3.77. The smallest absolute Gasteiger partial charge is 0.0641 e. The Bertz CT molecular complexity index is 68.6. The van der Waals surface area contributed by atoms with Gasteiger partial charge in [-0.05, 0) is 13.5 Å². The first-order chi connectivity index (χ1) is 4.85. The maximum Gasteiger partial charge on any atom is 0.0641 e. The van der Waals surface area contributed by atoms with Crippen LogP contribution in [0.3, 0.4) is 0 Å². The van der Waals surface area contributed by atoms with Crippen molar-refractivity contribution in [3.8, 4) is 0 Å². The van der Waals surface area contributed by atoms with Gasteiger partial charge in [-0.3, -0.25) is 0 Å². The van der Waals surface area contributed by atoms with Crippen molar-refractivity contribution in [1.29, 1.82) is 0 Å². The Morgan fingerprint density at radius 1 is 1.50 bits per heavy atom. The van der Waals surface area contributed by atoms with E-state index in [1.165, 1.54) is 0 Å². The van der Waals surface area contributed by atoms with Crippen LogP contribution in [0, 0.1) is 0 Å². The Hall–Kier alpha value is -0.120. The number of ether oxygens (including phenoxy) is 1. The Morgan fingerprint density at radius 2 is 2.20 bits per heavy atom. The van der Waals surface area contributed by atoms with Crippen LogP contribution in [0.5, 0.6) is 0 Å². The third kappa shape index (κ3) is 4.73. The molecule has 10 heavy (non-hydrogen) atoms. The number of rotatable bonds is 6. The van der Waals surface area contributed by atoms with Crippen LogP contribution in [0.4, 0.5) is 0 Å². The monoisotopic (exact) mass is 147 g/mol. The highest BCUT2D eigenvalue weighted by molar-refractivity contribution is 4.61. The number of nitrogens with one attached hydrogen (secondary N) is 1. The molecule has 0 fully saturated rings. The zero-order valence-electron chi connectivity index (χ0n) is 6.76. The van der Waals surface area contributed by atoms with Crippen LogP contribution in [0.1, 0.15) is 13.8 Å². The summed E-state index contributed by atoms with van der Waals surface area (Å²) in [5, 5.41) is 11.8. The fourth-order valence-corrected chi connectivity index (χ4v) is 0.725. The first kappa shape index (κ1) is 9.88. The fourth-order valence-electron chi connectivity index (χ4n) is 0.725.